The number of carbonyl (C=O) groups is 2. The number of hydrogen-bond donors (Lipinski definition) is 2. The van der Waals surface area contributed by atoms with Crippen molar-refractivity contribution in [3.8, 4) is 0 Å². The smallest absolute Gasteiger partial charge is 0.475 e. The van der Waals surface area contributed by atoms with Crippen LogP contribution in [0.4, 0.5) is 13.2 Å². The quantitative estimate of drug-likeness (QED) is 0.670. The number of alkyl halides is 3. The SMILES string of the molecule is O=C(NC1CCC1)c1nnc2n1CC1CN(Cc3ccc(Cl)cc3)CC1C2.O=C(O)C(F)(F)F. The van der Waals surface area contributed by atoms with Gasteiger partial charge >= 0.3 is 12.1 Å². The summed E-state index contributed by atoms with van der Waals surface area (Å²) < 4.78 is 33.8. The van der Waals surface area contributed by atoms with Crippen molar-refractivity contribution >= 4 is 23.5 Å². The summed E-state index contributed by atoms with van der Waals surface area (Å²) in [4.78, 5) is 24.0. The topological polar surface area (TPSA) is 100 Å². The van der Waals surface area contributed by atoms with Crippen LogP contribution in [0, 0.1) is 11.8 Å². The van der Waals surface area contributed by atoms with Crippen molar-refractivity contribution in [1.29, 1.82) is 0 Å². The predicted octanol–water partition coefficient (Wildman–Crippen LogP) is 3.15. The molecule has 8 nitrogen and oxygen atoms in total. The lowest BCUT2D eigenvalue weighted by molar-refractivity contribution is -0.192. The van der Waals surface area contributed by atoms with E-state index in [9.17, 15) is 18.0 Å². The van der Waals surface area contributed by atoms with Gasteiger partial charge < -0.3 is 15.0 Å². The third-order valence-electron chi connectivity index (χ3n) is 6.55. The van der Waals surface area contributed by atoms with Crippen molar-refractivity contribution < 1.29 is 27.9 Å². The van der Waals surface area contributed by atoms with Crippen molar-refractivity contribution in [3.05, 3.63) is 46.5 Å². The Morgan fingerprint density at radius 2 is 1.74 bits per heavy atom. The fourth-order valence-corrected chi connectivity index (χ4v) is 4.69. The highest BCUT2D eigenvalue weighted by Crippen LogP contribution is 2.33. The van der Waals surface area contributed by atoms with Crippen LogP contribution in [-0.4, -0.2) is 62.0 Å². The predicted molar refractivity (Wildman–Crippen MR) is 116 cm³/mol. The first-order chi connectivity index (χ1) is 16.1. The maximum absolute atomic E-state index is 12.6. The Kier molecular flexibility index (Phi) is 7.13. The zero-order valence-corrected chi connectivity index (χ0v) is 19.0. The molecule has 0 bridgehead atoms. The van der Waals surface area contributed by atoms with Crippen LogP contribution in [0.5, 0.6) is 0 Å². The van der Waals surface area contributed by atoms with Gasteiger partial charge in [-0.15, -0.1) is 10.2 Å². The summed E-state index contributed by atoms with van der Waals surface area (Å²) in [6.45, 7) is 3.91. The molecule has 3 aliphatic rings. The molecule has 1 saturated heterocycles. The molecule has 2 aromatic rings. The van der Waals surface area contributed by atoms with Gasteiger partial charge in [-0.3, -0.25) is 9.69 Å². The monoisotopic (exact) mass is 499 g/mol. The van der Waals surface area contributed by atoms with Crippen LogP contribution < -0.4 is 5.32 Å². The highest BCUT2D eigenvalue weighted by Gasteiger charge is 2.39. The van der Waals surface area contributed by atoms with Crippen molar-refractivity contribution in [3.63, 3.8) is 0 Å². The molecule has 1 saturated carbocycles. The highest BCUT2D eigenvalue weighted by molar-refractivity contribution is 6.30. The highest BCUT2D eigenvalue weighted by atomic mass is 35.5. The van der Waals surface area contributed by atoms with Crippen molar-refractivity contribution in [2.45, 2.75) is 51.0 Å². The third kappa shape index (κ3) is 5.69. The third-order valence-corrected chi connectivity index (χ3v) is 6.80. The number of carboxylic acids is 1. The Balaban J connectivity index is 0.000000344. The summed E-state index contributed by atoms with van der Waals surface area (Å²) in [5.74, 6) is -0.220. The van der Waals surface area contributed by atoms with E-state index in [-0.39, 0.29) is 5.91 Å². The van der Waals surface area contributed by atoms with E-state index in [1.165, 1.54) is 12.0 Å². The molecular weight excluding hydrogens is 475 g/mol. The second kappa shape index (κ2) is 9.91. The number of halogens is 4. The van der Waals surface area contributed by atoms with Crippen LogP contribution in [0.3, 0.4) is 0 Å². The number of carboxylic acid groups (broad SMARTS) is 1. The molecule has 184 valence electrons. The first-order valence-electron chi connectivity index (χ1n) is 11.1. The first kappa shape index (κ1) is 24.5. The molecule has 3 heterocycles. The Morgan fingerprint density at radius 1 is 1.09 bits per heavy atom. The number of aromatic nitrogens is 3. The van der Waals surface area contributed by atoms with Crippen LogP contribution in [0.15, 0.2) is 24.3 Å². The van der Waals surface area contributed by atoms with Crippen molar-refractivity contribution in [1.82, 2.24) is 25.0 Å². The molecule has 2 aliphatic heterocycles. The van der Waals surface area contributed by atoms with Gasteiger partial charge in [0.1, 0.15) is 5.82 Å². The fourth-order valence-electron chi connectivity index (χ4n) is 4.57. The average Bonchev–Trinajstić information content (AvgIpc) is 3.33. The summed E-state index contributed by atoms with van der Waals surface area (Å²) in [7, 11) is 0. The molecule has 1 aromatic heterocycles. The van der Waals surface area contributed by atoms with E-state index in [0.717, 1.165) is 56.3 Å². The van der Waals surface area contributed by atoms with Crippen LogP contribution in [0.1, 0.15) is 41.3 Å². The molecule has 5 rings (SSSR count). The molecule has 12 heteroatoms. The maximum atomic E-state index is 12.6. The zero-order valence-electron chi connectivity index (χ0n) is 18.3. The minimum atomic E-state index is -5.08. The first-order valence-corrected chi connectivity index (χ1v) is 11.5. The van der Waals surface area contributed by atoms with E-state index >= 15 is 0 Å². The van der Waals surface area contributed by atoms with Gasteiger partial charge in [-0.05, 0) is 48.8 Å². The second-order valence-electron chi connectivity index (χ2n) is 9.00. The van der Waals surface area contributed by atoms with E-state index < -0.39 is 12.1 Å². The molecule has 1 amide bonds. The molecule has 34 heavy (non-hydrogen) atoms. The van der Waals surface area contributed by atoms with Gasteiger partial charge in [-0.25, -0.2) is 4.79 Å². The lowest BCUT2D eigenvalue weighted by Crippen LogP contribution is -2.41. The van der Waals surface area contributed by atoms with E-state index in [4.69, 9.17) is 21.5 Å². The Morgan fingerprint density at radius 3 is 2.32 bits per heavy atom. The Bertz CT molecular complexity index is 1040. The molecule has 1 aromatic carbocycles. The van der Waals surface area contributed by atoms with Gasteiger partial charge in [-0.2, -0.15) is 13.2 Å². The summed E-state index contributed by atoms with van der Waals surface area (Å²) >= 11 is 5.99. The van der Waals surface area contributed by atoms with E-state index in [1.807, 2.05) is 12.1 Å². The number of nitrogens with zero attached hydrogens (tertiary/aromatic N) is 4. The van der Waals surface area contributed by atoms with Gasteiger partial charge in [-0.1, -0.05) is 23.7 Å². The molecule has 1 aliphatic carbocycles. The number of amides is 1. The number of fused-ring (bicyclic) bond motifs is 2. The summed E-state index contributed by atoms with van der Waals surface area (Å²) in [6, 6.07) is 8.43. The number of aliphatic carboxylic acids is 1. The van der Waals surface area contributed by atoms with Gasteiger partial charge in [0.2, 0.25) is 5.82 Å². The van der Waals surface area contributed by atoms with Crippen LogP contribution in [0.2, 0.25) is 5.02 Å². The number of rotatable bonds is 4. The second-order valence-corrected chi connectivity index (χ2v) is 9.44. The standard InChI is InChI=1S/C20H24ClN5O.C2HF3O2/c21-16-6-4-13(5-7-16)9-25-10-14-8-18-23-24-19(26(18)12-15(14)11-25)20(27)22-17-2-1-3-17;3-2(4,5)1(6)7/h4-7,14-15,17H,1-3,8-12H2,(H,22,27);(H,6,7). The lowest BCUT2D eigenvalue weighted by atomic mass is 9.89. The molecule has 2 fully saturated rings. The minimum Gasteiger partial charge on any atom is -0.475 e. The van der Waals surface area contributed by atoms with Gasteiger partial charge in [0.25, 0.3) is 5.91 Å². The molecule has 0 spiro atoms. The van der Waals surface area contributed by atoms with Gasteiger partial charge in [0.15, 0.2) is 0 Å². The van der Waals surface area contributed by atoms with Gasteiger partial charge in [0, 0.05) is 43.7 Å². The Hall–Kier alpha value is -2.66. The van der Waals surface area contributed by atoms with Gasteiger partial charge in [0.05, 0.1) is 0 Å². The minimum absolute atomic E-state index is 0.0621. The number of benzene rings is 1. The summed E-state index contributed by atoms with van der Waals surface area (Å²) in [5.41, 5.74) is 1.29. The van der Waals surface area contributed by atoms with E-state index in [0.29, 0.717) is 23.7 Å². The largest absolute Gasteiger partial charge is 0.490 e. The number of likely N-dealkylation sites (tertiary alicyclic amines) is 1. The average molecular weight is 500 g/mol. The number of nitrogens with one attached hydrogen (secondary N) is 1. The molecule has 2 N–H and O–H groups in total. The molecular formula is C22H25ClF3N5O3. The number of carbonyl (C=O) groups excluding carboxylic acids is 1. The van der Waals surface area contributed by atoms with Crippen LogP contribution >= 0.6 is 11.6 Å². The van der Waals surface area contributed by atoms with E-state index in [1.54, 1.807) is 0 Å². The number of hydrogen-bond acceptors (Lipinski definition) is 5. The van der Waals surface area contributed by atoms with Crippen molar-refractivity contribution in [2.75, 3.05) is 13.1 Å². The maximum Gasteiger partial charge on any atom is 0.490 e. The van der Waals surface area contributed by atoms with Crippen LogP contribution in [0.25, 0.3) is 0 Å². The molecule has 2 unspecified atom stereocenters. The zero-order chi connectivity index (χ0) is 24.5. The summed E-state index contributed by atoms with van der Waals surface area (Å²) in [5, 5.41) is 19.5. The summed E-state index contributed by atoms with van der Waals surface area (Å²) in [6.07, 6.45) is -0.810. The normalized spacial score (nSPS) is 22.1. The van der Waals surface area contributed by atoms with Crippen LogP contribution in [-0.2, 0) is 24.3 Å². The molecule has 2 atom stereocenters. The Labute approximate surface area is 199 Å². The fraction of sp³-hybridized carbons (Fsp3) is 0.545. The molecule has 0 radical (unpaired) electrons. The van der Waals surface area contributed by atoms with Crippen molar-refractivity contribution in [2.24, 2.45) is 11.8 Å². The lowest BCUT2D eigenvalue weighted by Gasteiger charge is -2.28. The van der Waals surface area contributed by atoms with E-state index in [2.05, 4.69) is 37.1 Å².